The summed E-state index contributed by atoms with van der Waals surface area (Å²) in [6, 6.07) is -0.137. The normalized spacial score (nSPS) is 19.5. The first kappa shape index (κ1) is 19.6. The van der Waals surface area contributed by atoms with E-state index < -0.39 is 12.0 Å². The molecule has 10 heteroatoms. The highest BCUT2D eigenvalue weighted by molar-refractivity contribution is 5.75. The molecule has 1 saturated carbocycles. The van der Waals surface area contributed by atoms with Crippen LogP contribution in [0.25, 0.3) is 11.5 Å². The molecule has 1 aliphatic carbocycles. The number of hydrogen-bond donors (Lipinski definition) is 3. The topological polar surface area (TPSA) is 149 Å². The molecule has 2 aromatic heterocycles. The first-order valence-electron chi connectivity index (χ1n) is 8.37. The van der Waals surface area contributed by atoms with Gasteiger partial charge in [0.1, 0.15) is 5.69 Å². The molecule has 2 aromatic rings. The molecule has 0 saturated heterocycles. The van der Waals surface area contributed by atoms with Crippen molar-refractivity contribution in [1.82, 2.24) is 24.3 Å². The maximum Gasteiger partial charge on any atom is 0.290 e. The average molecular weight is 364 g/mol. The molecule has 0 aromatic carbocycles. The Morgan fingerprint density at radius 3 is 2.62 bits per heavy atom. The number of carbonyl (C=O) groups is 2. The highest BCUT2D eigenvalue weighted by Gasteiger charge is 2.30. The Hall–Kier alpha value is -2.75. The van der Waals surface area contributed by atoms with Gasteiger partial charge in [-0.2, -0.15) is 5.10 Å². The van der Waals surface area contributed by atoms with Gasteiger partial charge in [-0.05, 0) is 19.8 Å². The SMILES string of the molecule is Cc1ncn(C)c1-c1nc(CC(N)=O)nn1[C@@H]1CCCC[C@H]1O.O=CO. The van der Waals surface area contributed by atoms with E-state index in [1.807, 2.05) is 18.5 Å². The van der Waals surface area contributed by atoms with Crippen LogP contribution in [0.15, 0.2) is 6.33 Å². The number of nitrogens with two attached hydrogens (primary N) is 1. The second kappa shape index (κ2) is 8.56. The van der Waals surface area contributed by atoms with E-state index in [1.54, 1.807) is 11.0 Å². The Balaban J connectivity index is 0.000000758. The van der Waals surface area contributed by atoms with Gasteiger partial charge in [-0.3, -0.25) is 9.59 Å². The Bertz CT molecular complexity index is 749. The van der Waals surface area contributed by atoms with E-state index in [0.717, 1.165) is 37.1 Å². The van der Waals surface area contributed by atoms with Crippen LogP contribution < -0.4 is 5.73 Å². The van der Waals surface area contributed by atoms with Gasteiger partial charge < -0.3 is 20.5 Å². The predicted octanol–water partition coefficient (Wildman–Crippen LogP) is 0.192. The number of aromatic nitrogens is 5. The quantitative estimate of drug-likeness (QED) is 0.656. The third-order valence-corrected chi connectivity index (χ3v) is 4.35. The molecule has 10 nitrogen and oxygen atoms in total. The van der Waals surface area contributed by atoms with Crippen LogP contribution in [-0.4, -0.2) is 53.0 Å². The smallest absolute Gasteiger partial charge is 0.290 e. The van der Waals surface area contributed by atoms with Crippen molar-refractivity contribution in [3.8, 4) is 11.5 Å². The summed E-state index contributed by atoms with van der Waals surface area (Å²) in [4.78, 5) is 28.4. The third kappa shape index (κ3) is 4.26. The minimum atomic E-state index is -0.473. The number of aliphatic hydroxyl groups is 1. The predicted molar refractivity (Wildman–Crippen MR) is 92.1 cm³/mol. The molecule has 4 N–H and O–H groups in total. The molecule has 3 rings (SSSR count). The molecule has 142 valence electrons. The molecule has 0 bridgehead atoms. The zero-order valence-corrected chi connectivity index (χ0v) is 14.9. The Kier molecular flexibility index (Phi) is 6.45. The van der Waals surface area contributed by atoms with Crippen molar-refractivity contribution in [2.24, 2.45) is 12.8 Å². The minimum Gasteiger partial charge on any atom is -0.483 e. The first-order chi connectivity index (χ1) is 12.4. The lowest BCUT2D eigenvalue weighted by molar-refractivity contribution is -0.123. The fraction of sp³-hybridized carbons (Fsp3) is 0.562. The summed E-state index contributed by atoms with van der Waals surface area (Å²) in [6.07, 6.45) is 4.88. The zero-order chi connectivity index (χ0) is 19.3. The monoisotopic (exact) mass is 364 g/mol. The summed E-state index contributed by atoms with van der Waals surface area (Å²) in [6.45, 7) is 1.65. The fourth-order valence-corrected chi connectivity index (χ4v) is 3.23. The van der Waals surface area contributed by atoms with Gasteiger partial charge in [0.05, 0.1) is 30.6 Å². The number of rotatable bonds is 4. The van der Waals surface area contributed by atoms with Crippen LogP contribution in [-0.2, 0) is 23.1 Å². The van der Waals surface area contributed by atoms with E-state index in [4.69, 9.17) is 15.6 Å². The van der Waals surface area contributed by atoms with E-state index >= 15 is 0 Å². The molecule has 0 unspecified atom stereocenters. The van der Waals surface area contributed by atoms with E-state index in [-0.39, 0.29) is 18.9 Å². The summed E-state index contributed by atoms with van der Waals surface area (Å²) in [5.41, 5.74) is 6.94. The van der Waals surface area contributed by atoms with E-state index in [1.165, 1.54) is 0 Å². The van der Waals surface area contributed by atoms with Crippen LogP contribution in [0.1, 0.15) is 43.2 Å². The van der Waals surface area contributed by atoms with Gasteiger partial charge in [0.2, 0.25) is 5.91 Å². The molecule has 1 fully saturated rings. The highest BCUT2D eigenvalue weighted by atomic mass is 16.3. The molecular weight excluding hydrogens is 340 g/mol. The lowest BCUT2D eigenvalue weighted by atomic mass is 9.92. The number of primary amides is 1. The molecule has 1 amide bonds. The van der Waals surface area contributed by atoms with Crippen LogP contribution in [0.5, 0.6) is 0 Å². The zero-order valence-electron chi connectivity index (χ0n) is 14.9. The standard InChI is InChI=1S/C15H22N6O2.CH2O2/c1-9-14(20(2)8-17-9)15-18-13(7-12(16)23)19-21(15)10-5-3-4-6-11(10)22;2-1-3/h8,10-11,22H,3-7H2,1-2H3,(H2,16,23);1H,(H,2,3)/t10-,11-;/m1./s1. The molecule has 26 heavy (non-hydrogen) atoms. The van der Waals surface area contributed by atoms with Gasteiger partial charge in [-0.15, -0.1) is 0 Å². The summed E-state index contributed by atoms with van der Waals surface area (Å²) >= 11 is 0. The molecule has 2 heterocycles. The van der Waals surface area contributed by atoms with Crippen LogP contribution in [0.4, 0.5) is 0 Å². The van der Waals surface area contributed by atoms with Gasteiger partial charge >= 0.3 is 0 Å². The lowest BCUT2D eigenvalue weighted by Gasteiger charge is -2.28. The van der Waals surface area contributed by atoms with Crippen molar-refractivity contribution in [3.63, 3.8) is 0 Å². The number of amides is 1. The van der Waals surface area contributed by atoms with Gasteiger partial charge in [0.25, 0.3) is 6.47 Å². The van der Waals surface area contributed by atoms with Crippen molar-refractivity contribution in [2.45, 2.75) is 51.2 Å². The largest absolute Gasteiger partial charge is 0.483 e. The van der Waals surface area contributed by atoms with E-state index in [9.17, 15) is 9.90 Å². The lowest BCUT2D eigenvalue weighted by Crippen LogP contribution is -2.29. The number of aliphatic hydroxyl groups excluding tert-OH is 1. The molecule has 0 radical (unpaired) electrons. The summed E-state index contributed by atoms with van der Waals surface area (Å²) in [5.74, 6) is 0.537. The van der Waals surface area contributed by atoms with Gasteiger partial charge in [-0.1, -0.05) is 12.8 Å². The van der Waals surface area contributed by atoms with E-state index in [0.29, 0.717) is 11.6 Å². The van der Waals surface area contributed by atoms with E-state index in [2.05, 4.69) is 15.1 Å². The fourth-order valence-electron chi connectivity index (χ4n) is 3.23. The maximum absolute atomic E-state index is 11.2. The Morgan fingerprint density at radius 2 is 2.08 bits per heavy atom. The third-order valence-electron chi connectivity index (χ3n) is 4.35. The summed E-state index contributed by atoms with van der Waals surface area (Å²) < 4.78 is 3.63. The molecule has 0 spiro atoms. The Morgan fingerprint density at radius 1 is 1.42 bits per heavy atom. The van der Waals surface area contributed by atoms with Crippen molar-refractivity contribution in [2.75, 3.05) is 0 Å². The average Bonchev–Trinajstić information content (AvgIpc) is 3.11. The number of aryl methyl sites for hydroxylation is 2. The number of hydrogen-bond acceptors (Lipinski definition) is 6. The van der Waals surface area contributed by atoms with Crippen LogP contribution >= 0.6 is 0 Å². The van der Waals surface area contributed by atoms with Crippen molar-refractivity contribution in [1.29, 1.82) is 0 Å². The molecular formula is C16H24N6O4. The van der Waals surface area contributed by atoms with Gasteiger partial charge in [0.15, 0.2) is 11.6 Å². The van der Waals surface area contributed by atoms with Crippen LogP contribution in [0.3, 0.4) is 0 Å². The summed E-state index contributed by atoms with van der Waals surface area (Å²) in [7, 11) is 1.89. The number of carboxylic acid groups (broad SMARTS) is 1. The Labute approximate surface area is 150 Å². The van der Waals surface area contributed by atoms with Gasteiger partial charge in [0, 0.05) is 7.05 Å². The van der Waals surface area contributed by atoms with Crippen LogP contribution in [0, 0.1) is 6.92 Å². The number of nitrogens with zero attached hydrogens (tertiary/aromatic N) is 5. The van der Waals surface area contributed by atoms with Gasteiger partial charge in [-0.25, -0.2) is 14.6 Å². The van der Waals surface area contributed by atoms with Crippen LogP contribution in [0.2, 0.25) is 0 Å². The highest BCUT2D eigenvalue weighted by Crippen LogP contribution is 2.32. The molecule has 1 aliphatic rings. The second-order valence-corrected chi connectivity index (χ2v) is 6.25. The number of carbonyl (C=O) groups excluding carboxylic acids is 1. The minimum absolute atomic E-state index is 0.0142. The molecule has 0 aliphatic heterocycles. The number of imidazole rings is 1. The first-order valence-corrected chi connectivity index (χ1v) is 8.37. The summed E-state index contributed by atoms with van der Waals surface area (Å²) in [5, 5.41) is 21.7. The maximum atomic E-state index is 11.2. The van der Waals surface area contributed by atoms with Crippen molar-refractivity contribution < 1.29 is 19.8 Å². The van der Waals surface area contributed by atoms with Crippen molar-refractivity contribution >= 4 is 12.4 Å². The van der Waals surface area contributed by atoms with Crippen molar-refractivity contribution in [3.05, 3.63) is 17.8 Å². The second-order valence-electron chi connectivity index (χ2n) is 6.25. The molecule has 2 atom stereocenters.